The molecule has 5 N–H and O–H groups in total. The Morgan fingerprint density at radius 1 is 1.86 bits per heavy atom. The van der Waals surface area contributed by atoms with E-state index in [1.165, 1.54) is 0 Å². The molecule has 7 heavy (non-hydrogen) atoms. The van der Waals surface area contributed by atoms with Gasteiger partial charge in [-0.05, 0) is 0 Å². The molecule has 0 aliphatic carbocycles. The average Bonchev–Trinajstić information content (AvgIpc) is 1.65. The van der Waals surface area contributed by atoms with Gasteiger partial charge in [-0.2, -0.15) is 0 Å². The van der Waals surface area contributed by atoms with Gasteiger partial charge in [-0.25, -0.2) is 0 Å². The molecule has 0 fully saturated rings. The van der Waals surface area contributed by atoms with Crippen LogP contribution in [0.1, 0.15) is 0 Å². The van der Waals surface area contributed by atoms with Crippen LogP contribution in [0.15, 0.2) is 0 Å². The molecule has 4 nitrogen and oxygen atoms in total. The first-order valence-corrected chi connectivity index (χ1v) is 1.86. The van der Waals surface area contributed by atoms with Crippen molar-refractivity contribution in [3.8, 4) is 0 Å². The van der Waals surface area contributed by atoms with E-state index in [1.54, 1.807) is 0 Å². The summed E-state index contributed by atoms with van der Waals surface area (Å²) >= 11 is 0. The maximum atomic E-state index is 9.82. The van der Waals surface area contributed by atoms with Gasteiger partial charge in [-0.3, -0.25) is 4.79 Å². The Morgan fingerprint density at radius 3 is 2.29 bits per heavy atom. The van der Waals surface area contributed by atoms with Crippen molar-refractivity contribution in [2.45, 2.75) is 6.10 Å². The van der Waals surface area contributed by atoms with Crippen LogP contribution in [0, 0.1) is 0 Å². The van der Waals surface area contributed by atoms with Crippen molar-refractivity contribution in [2.24, 2.45) is 11.5 Å². The zero-order chi connectivity index (χ0) is 5.86. The van der Waals surface area contributed by atoms with Gasteiger partial charge in [0.15, 0.2) is 0 Å². The van der Waals surface area contributed by atoms with E-state index < -0.39 is 12.0 Å². The minimum atomic E-state index is -1.18. The van der Waals surface area contributed by atoms with Gasteiger partial charge in [0, 0.05) is 6.54 Å². The number of hydrogen-bond donors (Lipinski definition) is 3. The fraction of sp³-hybridized carbons (Fsp3) is 0.667. The summed E-state index contributed by atoms with van der Waals surface area (Å²) in [4.78, 5) is 9.82. The van der Waals surface area contributed by atoms with Gasteiger partial charge in [-0.15, -0.1) is 0 Å². The second-order valence-electron chi connectivity index (χ2n) is 1.15. The number of carbonyl (C=O) groups is 1. The molecule has 0 heterocycles. The number of nitrogens with two attached hydrogens (primary N) is 2. The van der Waals surface area contributed by atoms with Crippen LogP contribution in [0.5, 0.6) is 0 Å². The lowest BCUT2D eigenvalue weighted by atomic mass is 10.3. The first kappa shape index (κ1) is 6.39. The number of aliphatic hydroxyl groups excluding tert-OH is 1. The van der Waals surface area contributed by atoms with Gasteiger partial charge < -0.3 is 16.6 Å². The summed E-state index contributed by atoms with van der Waals surface area (Å²) in [6, 6.07) is 0. The van der Waals surface area contributed by atoms with Crippen molar-refractivity contribution in [3.63, 3.8) is 0 Å². The highest BCUT2D eigenvalue weighted by Gasteiger charge is 2.05. The minimum absolute atomic E-state index is 0.102. The Balaban J connectivity index is 3.34. The van der Waals surface area contributed by atoms with Crippen molar-refractivity contribution in [2.75, 3.05) is 6.54 Å². The van der Waals surface area contributed by atoms with Gasteiger partial charge in [0.1, 0.15) is 6.10 Å². The normalized spacial score (nSPS) is 13.4. The highest BCUT2D eigenvalue weighted by molar-refractivity contribution is 5.78. The van der Waals surface area contributed by atoms with E-state index in [4.69, 9.17) is 10.8 Å². The van der Waals surface area contributed by atoms with Crippen LogP contribution < -0.4 is 11.5 Å². The Bertz CT molecular complexity index is 73.3. The fourth-order valence-corrected chi connectivity index (χ4v) is 0.116. The van der Waals surface area contributed by atoms with Crippen LogP contribution in [0.3, 0.4) is 0 Å². The van der Waals surface area contributed by atoms with Crippen LogP contribution in [0.2, 0.25) is 0 Å². The van der Waals surface area contributed by atoms with Gasteiger partial charge in [0.25, 0.3) is 0 Å². The molecule has 0 aliphatic heterocycles. The van der Waals surface area contributed by atoms with Gasteiger partial charge in [-0.1, -0.05) is 0 Å². The van der Waals surface area contributed by atoms with E-state index in [9.17, 15) is 4.79 Å². The number of rotatable bonds is 2. The Morgan fingerprint density at radius 2 is 2.29 bits per heavy atom. The Hall–Kier alpha value is -0.610. The summed E-state index contributed by atoms with van der Waals surface area (Å²) in [5.74, 6) is -0.775. The quantitative estimate of drug-likeness (QED) is 0.371. The summed E-state index contributed by atoms with van der Waals surface area (Å²) in [5, 5.41) is 8.34. The molecule has 4 heteroatoms. The van der Waals surface area contributed by atoms with Gasteiger partial charge in [0.05, 0.1) is 0 Å². The predicted molar refractivity (Wildman–Crippen MR) is 24.3 cm³/mol. The van der Waals surface area contributed by atoms with Gasteiger partial charge >= 0.3 is 0 Å². The van der Waals surface area contributed by atoms with Crippen LogP contribution in [-0.2, 0) is 4.79 Å². The third-order valence-corrected chi connectivity index (χ3v) is 0.552. The van der Waals surface area contributed by atoms with Crippen LogP contribution in [-0.4, -0.2) is 23.7 Å². The molecule has 1 amide bonds. The summed E-state index contributed by atoms with van der Waals surface area (Å²) in [5.41, 5.74) is 9.40. The summed E-state index contributed by atoms with van der Waals surface area (Å²) in [6.07, 6.45) is -1.18. The zero-order valence-corrected chi connectivity index (χ0v) is 3.79. The lowest BCUT2D eigenvalue weighted by Crippen LogP contribution is -2.34. The van der Waals surface area contributed by atoms with Crippen molar-refractivity contribution in [3.05, 3.63) is 0 Å². The molecule has 0 radical (unpaired) electrons. The largest absolute Gasteiger partial charge is 0.382 e. The molecular weight excluding hydrogens is 96.0 g/mol. The molecule has 0 saturated heterocycles. The molecule has 0 aliphatic rings. The van der Waals surface area contributed by atoms with Crippen molar-refractivity contribution >= 4 is 5.91 Å². The zero-order valence-electron chi connectivity index (χ0n) is 3.79. The molecular formula is C3H8N2O2. The maximum absolute atomic E-state index is 9.82. The van der Waals surface area contributed by atoms with E-state index >= 15 is 0 Å². The smallest absolute Gasteiger partial charge is 0.247 e. The SMILES string of the molecule is NCC(O)C(N)=O. The first-order chi connectivity index (χ1) is 3.18. The first-order valence-electron chi connectivity index (χ1n) is 1.86. The van der Waals surface area contributed by atoms with Crippen LogP contribution >= 0.6 is 0 Å². The Kier molecular flexibility index (Phi) is 2.32. The monoisotopic (exact) mass is 104 g/mol. The number of aliphatic hydroxyl groups is 1. The number of hydrogen-bond acceptors (Lipinski definition) is 3. The fourth-order valence-electron chi connectivity index (χ4n) is 0.116. The third kappa shape index (κ3) is 2.13. The summed E-state index contributed by atoms with van der Waals surface area (Å²) in [7, 11) is 0. The molecule has 0 rings (SSSR count). The van der Waals surface area contributed by atoms with Gasteiger partial charge in [0.2, 0.25) is 5.91 Å². The topological polar surface area (TPSA) is 89.3 Å². The standard InChI is InChI=1S/C3H8N2O2/c4-1-2(6)3(5)7/h2,6H,1,4H2,(H2,5,7). The number of amides is 1. The third-order valence-electron chi connectivity index (χ3n) is 0.552. The van der Waals surface area contributed by atoms with Crippen LogP contribution in [0.4, 0.5) is 0 Å². The molecule has 0 aromatic carbocycles. The van der Waals surface area contributed by atoms with E-state index in [2.05, 4.69) is 5.73 Å². The summed E-state index contributed by atoms with van der Waals surface area (Å²) < 4.78 is 0. The molecule has 0 bridgehead atoms. The van der Waals surface area contributed by atoms with E-state index in [-0.39, 0.29) is 6.54 Å². The highest BCUT2D eigenvalue weighted by Crippen LogP contribution is 1.70. The lowest BCUT2D eigenvalue weighted by Gasteiger charge is -1.97. The summed E-state index contributed by atoms with van der Waals surface area (Å²) in [6.45, 7) is -0.102. The molecule has 42 valence electrons. The molecule has 0 saturated carbocycles. The number of carbonyl (C=O) groups excluding carboxylic acids is 1. The molecule has 1 unspecified atom stereocenters. The molecule has 0 spiro atoms. The van der Waals surface area contributed by atoms with E-state index in [1.807, 2.05) is 0 Å². The molecule has 0 aromatic heterocycles. The second kappa shape index (κ2) is 2.54. The van der Waals surface area contributed by atoms with Crippen molar-refractivity contribution < 1.29 is 9.90 Å². The predicted octanol–water partition coefficient (Wildman–Crippen LogP) is -2.21. The molecule has 0 aromatic rings. The Labute approximate surface area is 41.1 Å². The second-order valence-corrected chi connectivity index (χ2v) is 1.15. The van der Waals surface area contributed by atoms with E-state index in [0.717, 1.165) is 0 Å². The van der Waals surface area contributed by atoms with Crippen LogP contribution in [0.25, 0.3) is 0 Å². The minimum Gasteiger partial charge on any atom is -0.382 e. The average molecular weight is 104 g/mol. The lowest BCUT2D eigenvalue weighted by molar-refractivity contribution is -0.125. The van der Waals surface area contributed by atoms with Crippen molar-refractivity contribution in [1.29, 1.82) is 0 Å². The molecule has 1 atom stereocenters. The van der Waals surface area contributed by atoms with E-state index in [0.29, 0.717) is 0 Å². The van der Waals surface area contributed by atoms with Crippen molar-refractivity contribution in [1.82, 2.24) is 0 Å². The number of primary amides is 1. The highest BCUT2D eigenvalue weighted by atomic mass is 16.3. The maximum Gasteiger partial charge on any atom is 0.247 e.